The Balaban J connectivity index is 1.51. The minimum absolute atomic E-state index is 0.0993. The SMILES string of the molecule is CN(C)CC(=O)Nc1cncc(-c2cc3c(-c4cc5ccncc5[nH]4)n[nH]c3cn2)c1. The summed E-state index contributed by atoms with van der Waals surface area (Å²) in [7, 11) is 3.69. The molecule has 154 valence electrons. The molecule has 0 fully saturated rings. The number of rotatable bonds is 5. The number of anilines is 1. The summed E-state index contributed by atoms with van der Waals surface area (Å²) in [4.78, 5) is 30.2. The van der Waals surface area contributed by atoms with Crippen LogP contribution in [0.15, 0.2) is 55.2 Å². The van der Waals surface area contributed by atoms with Crippen LogP contribution in [0, 0.1) is 0 Å². The molecule has 31 heavy (non-hydrogen) atoms. The van der Waals surface area contributed by atoms with E-state index in [1.807, 2.05) is 37.2 Å². The lowest BCUT2D eigenvalue weighted by Gasteiger charge is -2.10. The molecule has 5 aromatic rings. The molecule has 1 amide bonds. The van der Waals surface area contributed by atoms with Crippen molar-refractivity contribution in [3.05, 3.63) is 55.2 Å². The van der Waals surface area contributed by atoms with Crippen LogP contribution in [0.2, 0.25) is 0 Å². The number of aromatic nitrogens is 6. The number of hydrogen-bond donors (Lipinski definition) is 3. The van der Waals surface area contributed by atoms with Gasteiger partial charge in [-0.3, -0.25) is 24.8 Å². The minimum Gasteiger partial charge on any atom is -0.352 e. The van der Waals surface area contributed by atoms with Crippen molar-refractivity contribution in [2.45, 2.75) is 0 Å². The highest BCUT2D eigenvalue weighted by atomic mass is 16.2. The van der Waals surface area contributed by atoms with Gasteiger partial charge in [0.2, 0.25) is 5.91 Å². The molecule has 5 heterocycles. The van der Waals surface area contributed by atoms with E-state index >= 15 is 0 Å². The van der Waals surface area contributed by atoms with E-state index in [0.29, 0.717) is 12.2 Å². The van der Waals surface area contributed by atoms with Crippen LogP contribution in [-0.2, 0) is 4.79 Å². The zero-order valence-electron chi connectivity index (χ0n) is 17.0. The zero-order valence-corrected chi connectivity index (χ0v) is 17.0. The van der Waals surface area contributed by atoms with Gasteiger partial charge < -0.3 is 15.2 Å². The van der Waals surface area contributed by atoms with Crippen LogP contribution in [0.3, 0.4) is 0 Å². The van der Waals surface area contributed by atoms with Gasteiger partial charge in [0.25, 0.3) is 0 Å². The first-order valence-electron chi connectivity index (χ1n) is 9.74. The van der Waals surface area contributed by atoms with Crippen LogP contribution in [0.4, 0.5) is 5.69 Å². The van der Waals surface area contributed by atoms with Gasteiger partial charge in [-0.2, -0.15) is 5.10 Å². The van der Waals surface area contributed by atoms with Gasteiger partial charge in [-0.1, -0.05) is 0 Å². The fourth-order valence-corrected chi connectivity index (χ4v) is 3.52. The number of carbonyl (C=O) groups excluding carboxylic acids is 1. The second kappa shape index (κ2) is 7.62. The van der Waals surface area contributed by atoms with Gasteiger partial charge in [0, 0.05) is 28.7 Å². The number of hydrogen-bond acceptors (Lipinski definition) is 6. The highest BCUT2D eigenvalue weighted by Crippen LogP contribution is 2.30. The average Bonchev–Trinajstić information content (AvgIpc) is 3.36. The van der Waals surface area contributed by atoms with E-state index in [2.05, 4.69) is 41.5 Å². The normalized spacial score (nSPS) is 11.5. The molecular weight excluding hydrogens is 392 g/mol. The van der Waals surface area contributed by atoms with E-state index in [0.717, 1.165) is 44.5 Å². The third kappa shape index (κ3) is 3.74. The number of carbonyl (C=O) groups is 1. The maximum absolute atomic E-state index is 12.1. The molecule has 0 aliphatic heterocycles. The Morgan fingerprint density at radius 1 is 1.06 bits per heavy atom. The summed E-state index contributed by atoms with van der Waals surface area (Å²) < 4.78 is 0. The molecular formula is C22H20N8O. The molecule has 0 saturated carbocycles. The van der Waals surface area contributed by atoms with Crippen molar-refractivity contribution < 1.29 is 4.79 Å². The Morgan fingerprint density at radius 3 is 2.81 bits per heavy atom. The topological polar surface area (TPSA) is 115 Å². The van der Waals surface area contributed by atoms with Gasteiger partial charge >= 0.3 is 0 Å². The predicted octanol–water partition coefficient (Wildman–Crippen LogP) is 3.06. The second-order valence-corrected chi connectivity index (χ2v) is 7.58. The Morgan fingerprint density at radius 2 is 1.97 bits per heavy atom. The number of likely N-dealkylation sites (N-methyl/N-ethyl adjacent to an activating group) is 1. The molecule has 9 nitrogen and oxygen atoms in total. The smallest absolute Gasteiger partial charge is 0.238 e. The van der Waals surface area contributed by atoms with Gasteiger partial charge in [0.05, 0.1) is 53.2 Å². The third-order valence-corrected chi connectivity index (χ3v) is 4.90. The fraction of sp³-hybridized carbons (Fsp3) is 0.136. The van der Waals surface area contributed by atoms with Crippen molar-refractivity contribution in [3.8, 4) is 22.6 Å². The fourth-order valence-electron chi connectivity index (χ4n) is 3.52. The van der Waals surface area contributed by atoms with E-state index < -0.39 is 0 Å². The van der Waals surface area contributed by atoms with Crippen LogP contribution < -0.4 is 5.32 Å². The van der Waals surface area contributed by atoms with Crippen molar-refractivity contribution in [2.24, 2.45) is 0 Å². The molecule has 0 aliphatic rings. The van der Waals surface area contributed by atoms with Crippen LogP contribution >= 0.6 is 0 Å². The standard InChI is InChI=1S/C22H20N8O/c1-30(2)12-21(31)26-15-5-14(8-24-9-15)17-7-16-20(11-25-17)28-29-22(16)18-6-13-3-4-23-10-19(13)27-18/h3-11,27H,12H2,1-2H3,(H,26,31)(H,28,29). The Hall–Kier alpha value is -4.11. The van der Waals surface area contributed by atoms with Crippen molar-refractivity contribution in [2.75, 3.05) is 26.0 Å². The Labute approximate surface area is 177 Å². The summed E-state index contributed by atoms with van der Waals surface area (Å²) in [5.74, 6) is -0.0993. The van der Waals surface area contributed by atoms with Crippen molar-refractivity contribution in [3.63, 3.8) is 0 Å². The maximum Gasteiger partial charge on any atom is 0.238 e. The van der Waals surface area contributed by atoms with E-state index in [9.17, 15) is 4.79 Å². The van der Waals surface area contributed by atoms with Gasteiger partial charge in [-0.15, -0.1) is 0 Å². The molecule has 0 aromatic carbocycles. The number of nitrogens with one attached hydrogen (secondary N) is 3. The molecule has 5 aromatic heterocycles. The van der Waals surface area contributed by atoms with Crippen LogP contribution in [0.25, 0.3) is 44.5 Å². The van der Waals surface area contributed by atoms with Crippen LogP contribution in [-0.4, -0.2) is 61.6 Å². The molecule has 0 spiro atoms. The Bertz CT molecular complexity index is 1370. The van der Waals surface area contributed by atoms with Crippen molar-refractivity contribution in [1.29, 1.82) is 0 Å². The average molecular weight is 412 g/mol. The first-order valence-corrected chi connectivity index (χ1v) is 9.74. The summed E-state index contributed by atoms with van der Waals surface area (Å²) in [5, 5.41) is 12.4. The lowest BCUT2D eigenvalue weighted by Crippen LogP contribution is -2.27. The first-order chi connectivity index (χ1) is 15.1. The quantitative estimate of drug-likeness (QED) is 0.409. The molecule has 9 heteroatoms. The van der Waals surface area contributed by atoms with Gasteiger partial charge in [0.15, 0.2) is 0 Å². The van der Waals surface area contributed by atoms with E-state index in [1.165, 1.54) is 0 Å². The minimum atomic E-state index is -0.0993. The molecule has 0 atom stereocenters. The largest absolute Gasteiger partial charge is 0.352 e. The summed E-state index contributed by atoms with van der Waals surface area (Å²) in [6.45, 7) is 0.298. The maximum atomic E-state index is 12.1. The molecule has 0 bridgehead atoms. The van der Waals surface area contributed by atoms with Crippen LogP contribution in [0.5, 0.6) is 0 Å². The van der Waals surface area contributed by atoms with Crippen molar-refractivity contribution in [1.82, 2.24) is 35.0 Å². The summed E-state index contributed by atoms with van der Waals surface area (Å²) in [5.41, 5.74) is 5.66. The third-order valence-electron chi connectivity index (χ3n) is 4.90. The number of H-pyrrole nitrogens is 2. The van der Waals surface area contributed by atoms with Crippen LogP contribution in [0.1, 0.15) is 0 Å². The number of amides is 1. The molecule has 0 saturated heterocycles. The molecule has 0 unspecified atom stereocenters. The highest BCUT2D eigenvalue weighted by molar-refractivity contribution is 5.97. The van der Waals surface area contributed by atoms with E-state index in [4.69, 9.17) is 0 Å². The predicted molar refractivity (Wildman–Crippen MR) is 119 cm³/mol. The lowest BCUT2D eigenvalue weighted by molar-refractivity contribution is -0.116. The number of nitrogens with zero attached hydrogens (tertiary/aromatic N) is 5. The highest BCUT2D eigenvalue weighted by Gasteiger charge is 2.13. The molecule has 0 radical (unpaired) electrons. The summed E-state index contributed by atoms with van der Waals surface area (Å²) in [6.07, 6.45) is 8.66. The number of aromatic amines is 2. The molecule has 5 rings (SSSR count). The molecule has 3 N–H and O–H groups in total. The Kier molecular flexibility index (Phi) is 4.64. The van der Waals surface area contributed by atoms with Gasteiger partial charge in [-0.05, 0) is 38.4 Å². The second-order valence-electron chi connectivity index (χ2n) is 7.58. The zero-order chi connectivity index (χ0) is 21.4. The summed E-state index contributed by atoms with van der Waals surface area (Å²) >= 11 is 0. The first kappa shape index (κ1) is 18.9. The van der Waals surface area contributed by atoms with Crippen molar-refractivity contribution >= 4 is 33.4 Å². The van der Waals surface area contributed by atoms with E-state index in [-0.39, 0.29) is 5.91 Å². The number of pyridine rings is 3. The monoisotopic (exact) mass is 412 g/mol. The summed E-state index contributed by atoms with van der Waals surface area (Å²) in [6, 6.07) is 7.84. The van der Waals surface area contributed by atoms with E-state index in [1.54, 1.807) is 31.0 Å². The van der Waals surface area contributed by atoms with Gasteiger partial charge in [-0.25, -0.2) is 0 Å². The lowest BCUT2D eigenvalue weighted by atomic mass is 10.1. The molecule has 0 aliphatic carbocycles. The van der Waals surface area contributed by atoms with Gasteiger partial charge in [0.1, 0.15) is 5.69 Å². The number of fused-ring (bicyclic) bond motifs is 2.